The Morgan fingerprint density at radius 2 is 2.31 bits per heavy atom. The molecule has 0 saturated carbocycles. The summed E-state index contributed by atoms with van der Waals surface area (Å²) in [6, 6.07) is 3.53. The molecule has 2 rings (SSSR count). The Bertz CT molecular complexity index is 466. The molecule has 0 bridgehead atoms. The third kappa shape index (κ3) is 2.78. The Labute approximate surface area is 103 Å². The average Bonchev–Trinajstić information content (AvgIpc) is 2.65. The van der Waals surface area contributed by atoms with Crippen molar-refractivity contribution >= 4 is 22.9 Å². The molecule has 16 heavy (non-hydrogen) atoms. The van der Waals surface area contributed by atoms with Crippen LogP contribution in [0.1, 0.15) is 22.4 Å². The van der Waals surface area contributed by atoms with Crippen LogP contribution in [-0.2, 0) is 6.42 Å². The van der Waals surface area contributed by atoms with Crippen LogP contribution >= 0.6 is 22.9 Å². The Morgan fingerprint density at radius 1 is 1.50 bits per heavy atom. The van der Waals surface area contributed by atoms with Crippen LogP contribution in [0.2, 0.25) is 5.02 Å². The lowest BCUT2D eigenvalue weighted by molar-refractivity contribution is 0.692. The molecule has 1 unspecified atom stereocenters. The number of rotatable bonds is 3. The normalized spacial score (nSPS) is 12.7. The fraction of sp³-hybridized carbons (Fsp3) is 0.273. The third-order valence-corrected chi connectivity index (χ3v) is 3.40. The highest BCUT2D eigenvalue weighted by Crippen LogP contribution is 2.18. The summed E-state index contributed by atoms with van der Waals surface area (Å²) < 4.78 is 0. The smallest absolute Gasteiger partial charge is 0.0947 e. The van der Waals surface area contributed by atoms with Crippen LogP contribution in [0.15, 0.2) is 23.7 Å². The van der Waals surface area contributed by atoms with Gasteiger partial charge < -0.3 is 5.73 Å². The van der Waals surface area contributed by atoms with Gasteiger partial charge in [-0.05, 0) is 19.1 Å². The average molecular weight is 254 g/mol. The predicted octanol–water partition coefficient (Wildman–Crippen LogP) is 2.74. The van der Waals surface area contributed by atoms with Crippen LogP contribution in [0, 0.1) is 6.92 Å². The van der Waals surface area contributed by atoms with Gasteiger partial charge in [-0.2, -0.15) is 0 Å². The first-order chi connectivity index (χ1) is 7.65. The van der Waals surface area contributed by atoms with E-state index in [-0.39, 0.29) is 6.04 Å². The van der Waals surface area contributed by atoms with Crippen LogP contribution in [0.4, 0.5) is 0 Å². The van der Waals surface area contributed by atoms with E-state index in [1.807, 2.05) is 18.4 Å². The molecule has 1 atom stereocenters. The Kier molecular flexibility index (Phi) is 3.53. The van der Waals surface area contributed by atoms with E-state index in [0.29, 0.717) is 11.4 Å². The number of nitrogens with two attached hydrogens (primary N) is 1. The van der Waals surface area contributed by atoms with E-state index in [2.05, 4.69) is 9.97 Å². The molecule has 2 aromatic rings. The number of pyridine rings is 1. The molecular weight excluding hydrogens is 242 g/mol. The Morgan fingerprint density at radius 3 is 2.88 bits per heavy atom. The van der Waals surface area contributed by atoms with Crippen molar-refractivity contribution in [3.8, 4) is 0 Å². The number of halogens is 1. The zero-order valence-electron chi connectivity index (χ0n) is 8.85. The summed E-state index contributed by atoms with van der Waals surface area (Å²) >= 11 is 7.40. The second kappa shape index (κ2) is 4.91. The van der Waals surface area contributed by atoms with Gasteiger partial charge in [-0.3, -0.25) is 4.98 Å². The zero-order valence-corrected chi connectivity index (χ0v) is 10.4. The van der Waals surface area contributed by atoms with Crippen LogP contribution in [0.25, 0.3) is 0 Å². The van der Waals surface area contributed by atoms with Gasteiger partial charge >= 0.3 is 0 Å². The fourth-order valence-electron chi connectivity index (χ4n) is 1.40. The summed E-state index contributed by atoms with van der Waals surface area (Å²) in [5, 5.41) is 3.69. The minimum atomic E-state index is -0.122. The second-order valence-electron chi connectivity index (χ2n) is 3.59. The molecule has 0 aliphatic rings. The molecule has 0 radical (unpaired) electrons. The van der Waals surface area contributed by atoms with Crippen LogP contribution in [0.5, 0.6) is 0 Å². The summed E-state index contributed by atoms with van der Waals surface area (Å²) in [5.74, 6) is 0. The predicted molar refractivity (Wildman–Crippen MR) is 66.7 cm³/mol. The molecule has 2 N–H and O–H groups in total. The Balaban J connectivity index is 2.08. The van der Waals surface area contributed by atoms with Gasteiger partial charge in [-0.15, -0.1) is 11.3 Å². The summed E-state index contributed by atoms with van der Waals surface area (Å²) in [7, 11) is 0. The van der Waals surface area contributed by atoms with Gasteiger partial charge in [-0.25, -0.2) is 4.98 Å². The van der Waals surface area contributed by atoms with E-state index in [4.69, 9.17) is 17.3 Å². The number of thiazole rings is 1. The molecule has 3 nitrogen and oxygen atoms in total. The number of aryl methyl sites for hydroxylation is 1. The molecule has 2 heterocycles. The molecule has 0 aliphatic carbocycles. The number of hydrogen-bond donors (Lipinski definition) is 1. The highest BCUT2D eigenvalue weighted by Gasteiger charge is 2.10. The van der Waals surface area contributed by atoms with Crippen molar-refractivity contribution in [2.45, 2.75) is 19.4 Å². The zero-order chi connectivity index (χ0) is 11.5. The van der Waals surface area contributed by atoms with Gasteiger partial charge in [0.2, 0.25) is 0 Å². The molecule has 0 aliphatic heterocycles. The topological polar surface area (TPSA) is 51.8 Å². The van der Waals surface area contributed by atoms with Crippen LogP contribution in [-0.4, -0.2) is 9.97 Å². The monoisotopic (exact) mass is 253 g/mol. The quantitative estimate of drug-likeness (QED) is 0.915. The van der Waals surface area contributed by atoms with Crippen molar-refractivity contribution in [1.29, 1.82) is 0 Å². The lowest BCUT2D eigenvalue weighted by Crippen LogP contribution is -2.14. The molecule has 0 spiro atoms. The summed E-state index contributed by atoms with van der Waals surface area (Å²) in [4.78, 5) is 8.58. The van der Waals surface area contributed by atoms with E-state index in [1.165, 1.54) is 0 Å². The fourth-order valence-corrected chi connectivity index (χ4v) is 2.34. The minimum Gasteiger partial charge on any atom is -0.322 e. The SMILES string of the molecule is Cc1csc(CC(N)c2ccc(Cl)cn2)n1. The third-order valence-electron chi connectivity index (χ3n) is 2.19. The number of nitrogens with zero attached hydrogens (tertiary/aromatic N) is 2. The van der Waals surface area contributed by atoms with E-state index in [0.717, 1.165) is 16.4 Å². The maximum absolute atomic E-state index is 6.05. The van der Waals surface area contributed by atoms with E-state index in [1.54, 1.807) is 23.6 Å². The van der Waals surface area contributed by atoms with Gasteiger partial charge in [-0.1, -0.05) is 11.6 Å². The summed E-state index contributed by atoms with van der Waals surface area (Å²) in [6.07, 6.45) is 2.33. The lowest BCUT2D eigenvalue weighted by atomic mass is 10.1. The van der Waals surface area contributed by atoms with Crippen molar-refractivity contribution in [1.82, 2.24) is 9.97 Å². The molecule has 84 valence electrons. The largest absolute Gasteiger partial charge is 0.322 e. The first kappa shape index (κ1) is 11.5. The molecular formula is C11H12ClN3S. The maximum atomic E-state index is 6.05. The molecule has 0 aromatic carbocycles. The number of aromatic nitrogens is 2. The van der Waals surface area contributed by atoms with Gasteiger partial charge in [0.25, 0.3) is 0 Å². The van der Waals surface area contributed by atoms with Gasteiger partial charge in [0, 0.05) is 23.7 Å². The van der Waals surface area contributed by atoms with E-state index in [9.17, 15) is 0 Å². The van der Waals surface area contributed by atoms with Crippen LogP contribution < -0.4 is 5.73 Å². The van der Waals surface area contributed by atoms with Crippen molar-refractivity contribution in [3.63, 3.8) is 0 Å². The van der Waals surface area contributed by atoms with Gasteiger partial charge in [0.15, 0.2) is 0 Å². The maximum Gasteiger partial charge on any atom is 0.0947 e. The molecule has 0 fully saturated rings. The molecule has 5 heteroatoms. The van der Waals surface area contributed by atoms with Crippen molar-refractivity contribution in [2.24, 2.45) is 5.73 Å². The van der Waals surface area contributed by atoms with Crippen molar-refractivity contribution < 1.29 is 0 Å². The first-order valence-corrected chi connectivity index (χ1v) is 6.19. The second-order valence-corrected chi connectivity index (χ2v) is 4.97. The number of hydrogen-bond acceptors (Lipinski definition) is 4. The molecule has 0 saturated heterocycles. The first-order valence-electron chi connectivity index (χ1n) is 4.93. The standard InChI is InChI=1S/C11H12ClN3S/c1-7-6-16-11(15-7)4-9(13)10-3-2-8(12)5-14-10/h2-3,5-6,9H,4,13H2,1H3. The highest BCUT2D eigenvalue weighted by molar-refractivity contribution is 7.09. The minimum absolute atomic E-state index is 0.122. The lowest BCUT2D eigenvalue weighted by Gasteiger charge is -2.08. The van der Waals surface area contributed by atoms with Crippen LogP contribution in [0.3, 0.4) is 0 Å². The van der Waals surface area contributed by atoms with Crippen molar-refractivity contribution in [2.75, 3.05) is 0 Å². The van der Waals surface area contributed by atoms with E-state index < -0.39 is 0 Å². The molecule has 2 aromatic heterocycles. The highest BCUT2D eigenvalue weighted by atomic mass is 35.5. The molecule has 0 amide bonds. The van der Waals surface area contributed by atoms with Crippen molar-refractivity contribution in [3.05, 3.63) is 45.1 Å². The van der Waals surface area contributed by atoms with Gasteiger partial charge in [0.05, 0.1) is 21.8 Å². The van der Waals surface area contributed by atoms with Gasteiger partial charge in [0.1, 0.15) is 0 Å². The summed E-state index contributed by atoms with van der Waals surface area (Å²) in [5.41, 5.74) is 7.93. The Hall–Kier alpha value is -0.970. The summed E-state index contributed by atoms with van der Waals surface area (Å²) in [6.45, 7) is 1.98. The van der Waals surface area contributed by atoms with E-state index >= 15 is 0 Å².